The van der Waals surface area contributed by atoms with E-state index < -0.39 is 18.6 Å². The minimum Gasteiger partial charge on any atom is -0.423 e. The van der Waals surface area contributed by atoms with Crippen molar-refractivity contribution in [3.8, 4) is 0 Å². The molecule has 3 N–H and O–H groups in total. The van der Waals surface area contributed by atoms with E-state index in [2.05, 4.69) is 5.43 Å². The summed E-state index contributed by atoms with van der Waals surface area (Å²) in [4.78, 5) is 25.9. The number of nitrogens with zero attached hydrogens (tertiary/aromatic N) is 1. The van der Waals surface area contributed by atoms with Gasteiger partial charge in [0, 0.05) is 11.1 Å². The number of amides is 2. The fraction of sp³-hybridized carbons (Fsp3) is 0.333. The number of benzene rings is 2. The van der Waals surface area contributed by atoms with Crippen LogP contribution in [0.4, 0.5) is 0 Å². The lowest BCUT2D eigenvalue weighted by Crippen LogP contribution is -2.56. The first kappa shape index (κ1) is 21.7. The standard InChI is InChI=1S/C21H27BN2O4/c1-13-9-14(2)11-17(10-13)20(26)24(21(4,5)6)23-19(25)16-8-7-15(3)18(12-16)22(27)28/h7-12,27-28H,1-6H3,(H,23,25). The van der Waals surface area contributed by atoms with E-state index in [1.54, 1.807) is 31.2 Å². The van der Waals surface area contributed by atoms with E-state index in [0.717, 1.165) is 11.1 Å². The summed E-state index contributed by atoms with van der Waals surface area (Å²) in [7, 11) is -1.68. The molecule has 0 aromatic heterocycles. The molecule has 0 saturated heterocycles. The van der Waals surface area contributed by atoms with Gasteiger partial charge in [-0.1, -0.05) is 28.8 Å². The van der Waals surface area contributed by atoms with E-state index in [1.165, 1.54) is 11.1 Å². The molecule has 7 heteroatoms. The Morgan fingerprint density at radius 3 is 2.00 bits per heavy atom. The molecule has 2 aromatic rings. The molecule has 0 heterocycles. The minimum atomic E-state index is -1.68. The van der Waals surface area contributed by atoms with Crippen molar-refractivity contribution in [3.63, 3.8) is 0 Å². The Morgan fingerprint density at radius 1 is 0.929 bits per heavy atom. The van der Waals surface area contributed by atoms with Gasteiger partial charge in [-0.25, -0.2) is 5.01 Å². The summed E-state index contributed by atoms with van der Waals surface area (Å²) in [6, 6.07) is 10.2. The molecule has 0 aliphatic carbocycles. The van der Waals surface area contributed by atoms with E-state index in [1.807, 2.05) is 40.7 Å². The van der Waals surface area contributed by atoms with Crippen LogP contribution in [0.2, 0.25) is 0 Å². The second-order valence-electron chi connectivity index (χ2n) is 8.07. The van der Waals surface area contributed by atoms with Gasteiger partial charge < -0.3 is 10.0 Å². The summed E-state index contributed by atoms with van der Waals surface area (Å²) < 4.78 is 0. The molecule has 0 bridgehead atoms. The third-order valence-electron chi connectivity index (χ3n) is 4.38. The molecule has 2 aromatic carbocycles. The van der Waals surface area contributed by atoms with Crippen LogP contribution in [-0.4, -0.2) is 39.5 Å². The highest BCUT2D eigenvalue weighted by atomic mass is 16.4. The lowest BCUT2D eigenvalue weighted by Gasteiger charge is -2.35. The SMILES string of the molecule is Cc1cc(C)cc(C(=O)N(NC(=O)c2ccc(C)c(B(O)O)c2)C(C)(C)C)c1. The molecule has 0 spiro atoms. The van der Waals surface area contributed by atoms with Gasteiger partial charge in [-0.15, -0.1) is 0 Å². The zero-order chi connectivity index (χ0) is 21.2. The third kappa shape index (κ3) is 5.00. The molecule has 0 aliphatic rings. The molecule has 2 amide bonds. The van der Waals surface area contributed by atoms with Gasteiger partial charge in [-0.05, 0) is 71.3 Å². The Bertz CT molecular complexity index is 884. The molecule has 148 valence electrons. The molecular weight excluding hydrogens is 355 g/mol. The van der Waals surface area contributed by atoms with Crippen LogP contribution in [0, 0.1) is 20.8 Å². The van der Waals surface area contributed by atoms with E-state index in [0.29, 0.717) is 11.1 Å². The summed E-state index contributed by atoms with van der Waals surface area (Å²) in [5, 5.41) is 20.2. The number of carbonyl (C=O) groups is 2. The Balaban J connectivity index is 2.36. The van der Waals surface area contributed by atoms with Crippen LogP contribution in [0.1, 0.15) is 58.2 Å². The van der Waals surface area contributed by atoms with Crippen LogP contribution < -0.4 is 10.9 Å². The number of rotatable bonds is 3. The van der Waals surface area contributed by atoms with Crippen LogP contribution in [0.3, 0.4) is 0 Å². The van der Waals surface area contributed by atoms with Gasteiger partial charge in [0.15, 0.2) is 0 Å². The van der Waals surface area contributed by atoms with Gasteiger partial charge in [-0.3, -0.25) is 15.0 Å². The molecule has 28 heavy (non-hydrogen) atoms. The Kier molecular flexibility index (Phi) is 6.32. The number of hydrazine groups is 1. The molecule has 0 radical (unpaired) electrons. The quantitative estimate of drug-likeness (QED) is 0.559. The minimum absolute atomic E-state index is 0.233. The number of nitrogens with one attached hydrogen (secondary N) is 1. The van der Waals surface area contributed by atoms with Gasteiger partial charge in [0.2, 0.25) is 0 Å². The predicted octanol–water partition coefficient (Wildman–Crippen LogP) is 1.88. The molecule has 0 unspecified atom stereocenters. The van der Waals surface area contributed by atoms with Gasteiger partial charge in [0.1, 0.15) is 0 Å². The number of aryl methyl sites for hydroxylation is 3. The zero-order valence-electron chi connectivity index (χ0n) is 17.2. The number of carbonyl (C=O) groups excluding carboxylic acids is 2. The summed E-state index contributed by atoms with van der Waals surface area (Å²) in [5.74, 6) is -0.822. The average Bonchev–Trinajstić information content (AvgIpc) is 2.57. The van der Waals surface area contributed by atoms with Gasteiger partial charge in [0.05, 0.1) is 5.54 Å². The van der Waals surface area contributed by atoms with Crippen molar-refractivity contribution in [2.45, 2.75) is 47.1 Å². The van der Waals surface area contributed by atoms with Crippen LogP contribution in [-0.2, 0) is 0 Å². The van der Waals surface area contributed by atoms with Crippen LogP contribution in [0.5, 0.6) is 0 Å². The molecule has 0 saturated carbocycles. The van der Waals surface area contributed by atoms with Crippen molar-refractivity contribution in [1.82, 2.24) is 10.4 Å². The highest BCUT2D eigenvalue weighted by Crippen LogP contribution is 2.18. The third-order valence-corrected chi connectivity index (χ3v) is 4.38. The van der Waals surface area contributed by atoms with Crippen molar-refractivity contribution in [2.24, 2.45) is 0 Å². The lowest BCUT2D eigenvalue weighted by atomic mass is 9.76. The predicted molar refractivity (Wildman–Crippen MR) is 110 cm³/mol. The monoisotopic (exact) mass is 382 g/mol. The molecular formula is C21H27BN2O4. The lowest BCUT2D eigenvalue weighted by molar-refractivity contribution is 0.0358. The van der Waals surface area contributed by atoms with Crippen molar-refractivity contribution in [3.05, 3.63) is 64.2 Å². The maximum atomic E-state index is 13.1. The number of hydrogen-bond donors (Lipinski definition) is 3. The van der Waals surface area contributed by atoms with Crippen molar-refractivity contribution in [1.29, 1.82) is 0 Å². The van der Waals surface area contributed by atoms with Crippen molar-refractivity contribution < 1.29 is 19.6 Å². The highest BCUT2D eigenvalue weighted by molar-refractivity contribution is 6.59. The first-order chi connectivity index (χ1) is 12.9. The molecule has 2 rings (SSSR count). The average molecular weight is 382 g/mol. The first-order valence-corrected chi connectivity index (χ1v) is 9.10. The highest BCUT2D eigenvalue weighted by Gasteiger charge is 2.30. The van der Waals surface area contributed by atoms with E-state index >= 15 is 0 Å². The van der Waals surface area contributed by atoms with E-state index in [9.17, 15) is 19.6 Å². The smallest absolute Gasteiger partial charge is 0.423 e. The second kappa shape index (κ2) is 8.16. The summed E-state index contributed by atoms with van der Waals surface area (Å²) in [6.45, 7) is 11.0. The first-order valence-electron chi connectivity index (χ1n) is 9.10. The van der Waals surface area contributed by atoms with Crippen molar-refractivity contribution >= 4 is 24.4 Å². The van der Waals surface area contributed by atoms with Crippen LogP contribution in [0.15, 0.2) is 36.4 Å². The largest absolute Gasteiger partial charge is 0.488 e. The van der Waals surface area contributed by atoms with Crippen LogP contribution in [0.25, 0.3) is 0 Å². The molecule has 0 atom stereocenters. The van der Waals surface area contributed by atoms with Gasteiger partial charge >= 0.3 is 7.12 Å². The van der Waals surface area contributed by atoms with E-state index in [4.69, 9.17) is 0 Å². The second-order valence-corrected chi connectivity index (χ2v) is 8.07. The molecule has 0 fully saturated rings. The topological polar surface area (TPSA) is 89.9 Å². The fourth-order valence-electron chi connectivity index (χ4n) is 2.98. The molecule has 0 aliphatic heterocycles. The molecule has 6 nitrogen and oxygen atoms in total. The van der Waals surface area contributed by atoms with E-state index in [-0.39, 0.29) is 16.9 Å². The zero-order valence-corrected chi connectivity index (χ0v) is 17.2. The van der Waals surface area contributed by atoms with Crippen molar-refractivity contribution in [2.75, 3.05) is 0 Å². The Hall–Kier alpha value is -2.64. The normalized spacial score (nSPS) is 11.1. The number of hydrogen-bond acceptors (Lipinski definition) is 4. The van der Waals surface area contributed by atoms with Gasteiger partial charge in [-0.2, -0.15) is 0 Å². The summed E-state index contributed by atoms with van der Waals surface area (Å²) in [5.41, 5.74) is 5.55. The Labute approximate surface area is 166 Å². The van der Waals surface area contributed by atoms with Crippen LogP contribution >= 0.6 is 0 Å². The Morgan fingerprint density at radius 2 is 1.50 bits per heavy atom. The summed E-state index contributed by atoms with van der Waals surface area (Å²) in [6.07, 6.45) is 0. The maximum absolute atomic E-state index is 13.1. The van der Waals surface area contributed by atoms with Gasteiger partial charge in [0.25, 0.3) is 11.8 Å². The fourth-order valence-corrected chi connectivity index (χ4v) is 2.98. The summed E-state index contributed by atoms with van der Waals surface area (Å²) >= 11 is 0. The maximum Gasteiger partial charge on any atom is 0.488 e.